The molecule has 5 nitrogen and oxygen atoms in total. The Morgan fingerprint density at radius 2 is 1.93 bits per heavy atom. The second-order valence-electron chi connectivity index (χ2n) is 6.69. The van der Waals surface area contributed by atoms with Gasteiger partial charge in [-0.2, -0.15) is 4.98 Å². The number of pyridine rings is 1. The number of fused-ring (bicyclic) bond motifs is 1. The lowest BCUT2D eigenvalue weighted by atomic mass is 9.98. The number of H-pyrrole nitrogens is 1. The highest BCUT2D eigenvalue weighted by molar-refractivity contribution is 9.10. The van der Waals surface area contributed by atoms with Crippen molar-refractivity contribution in [3.05, 3.63) is 43.9 Å². The minimum absolute atomic E-state index is 0.418. The van der Waals surface area contributed by atoms with Gasteiger partial charge >= 0.3 is 0 Å². The summed E-state index contributed by atoms with van der Waals surface area (Å²) in [5, 5.41) is 5.13. The lowest BCUT2D eigenvalue weighted by Gasteiger charge is -2.32. The summed E-state index contributed by atoms with van der Waals surface area (Å²) in [6, 6.07) is 7.42. The maximum Gasteiger partial charge on any atom is 0.205 e. The van der Waals surface area contributed by atoms with Gasteiger partial charge in [-0.15, -0.1) is 0 Å². The molecule has 3 aromatic rings. The zero-order valence-electron chi connectivity index (χ0n) is 14.3. The molecule has 1 aliphatic rings. The van der Waals surface area contributed by atoms with Crippen LogP contribution in [-0.2, 0) is 0 Å². The van der Waals surface area contributed by atoms with Crippen molar-refractivity contribution in [3.63, 3.8) is 0 Å². The summed E-state index contributed by atoms with van der Waals surface area (Å²) in [4.78, 5) is 14.5. The first-order valence-corrected chi connectivity index (χ1v) is 10.6. The number of aromatic amines is 1. The third kappa shape index (κ3) is 4.45. The monoisotopic (exact) mass is 487 g/mol. The molecule has 1 unspecified atom stereocenters. The van der Waals surface area contributed by atoms with E-state index in [2.05, 4.69) is 41.1 Å². The van der Waals surface area contributed by atoms with E-state index in [9.17, 15) is 0 Å². The summed E-state index contributed by atoms with van der Waals surface area (Å²) in [5.74, 6) is 1.33. The second kappa shape index (κ2) is 8.03. The fraction of sp³-hybridized carbons (Fsp3) is 0.333. The van der Waals surface area contributed by atoms with Gasteiger partial charge in [-0.05, 0) is 59.0 Å². The number of imidazole rings is 1. The van der Waals surface area contributed by atoms with Crippen molar-refractivity contribution >= 4 is 73.5 Å². The summed E-state index contributed by atoms with van der Waals surface area (Å²) in [6.45, 7) is 2.73. The molecule has 3 heterocycles. The Hall–Kier alpha value is -1.21. The Kier molecular flexibility index (Phi) is 5.69. The predicted molar refractivity (Wildman–Crippen MR) is 116 cm³/mol. The molecule has 0 spiro atoms. The van der Waals surface area contributed by atoms with E-state index in [0.29, 0.717) is 26.8 Å². The van der Waals surface area contributed by atoms with Crippen molar-refractivity contribution in [2.24, 2.45) is 5.92 Å². The van der Waals surface area contributed by atoms with Crippen LogP contribution in [0.25, 0.3) is 11.2 Å². The summed E-state index contributed by atoms with van der Waals surface area (Å²) >= 11 is 21.6. The van der Waals surface area contributed by atoms with Crippen molar-refractivity contribution in [3.8, 4) is 0 Å². The van der Waals surface area contributed by atoms with Crippen LogP contribution in [0.5, 0.6) is 0 Å². The third-order valence-corrected chi connectivity index (χ3v) is 6.20. The average Bonchev–Trinajstić information content (AvgIpc) is 3.03. The number of benzene rings is 1. The van der Waals surface area contributed by atoms with Gasteiger partial charge < -0.3 is 15.2 Å². The molecule has 1 saturated heterocycles. The molecule has 0 bridgehead atoms. The molecule has 0 radical (unpaired) electrons. The first kappa shape index (κ1) is 19.1. The molecule has 1 aromatic carbocycles. The Balaban J connectivity index is 1.44. The van der Waals surface area contributed by atoms with Crippen LogP contribution >= 0.6 is 50.7 Å². The van der Waals surface area contributed by atoms with E-state index in [1.54, 1.807) is 6.07 Å². The number of anilines is 2. The lowest BCUT2D eigenvalue weighted by molar-refractivity contribution is 0.429. The van der Waals surface area contributed by atoms with Crippen LogP contribution in [-0.4, -0.2) is 34.6 Å². The molecule has 1 aliphatic heterocycles. The van der Waals surface area contributed by atoms with Gasteiger partial charge in [-0.1, -0.05) is 34.8 Å². The van der Waals surface area contributed by atoms with Crippen LogP contribution in [0, 0.1) is 5.92 Å². The van der Waals surface area contributed by atoms with Crippen LogP contribution in [0.2, 0.25) is 15.2 Å². The van der Waals surface area contributed by atoms with Gasteiger partial charge in [0.05, 0.1) is 9.99 Å². The Morgan fingerprint density at radius 1 is 1.15 bits per heavy atom. The molecule has 2 N–H and O–H groups in total. The lowest BCUT2D eigenvalue weighted by Crippen LogP contribution is -2.38. The third-order valence-electron chi connectivity index (χ3n) is 4.65. The fourth-order valence-electron chi connectivity index (χ4n) is 3.38. The quantitative estimate of drug-likeness (QED) is 0.441. The molecule has 1 atom stereocenters. The fourth-order valence-corrected chi connectivity index (χ4v) is 4.35. The molecule has 1 fully saturated rings. The molecule has 27 heavy (non-hydrogen) atoms. The maximum absolute atomic E-state index is 6.07. The van der Waals surface area contributed by atoms with Crippen molar-refractivity contribution < 1.29 is 0 Å². The topological polar surface area (TPSA) is 56.8 Å². The summed E-state index contributed by atoms with van der Waals surface area (Å²) in [5.41, 5.74) is 2.44. The van der Waals surface area contributed by atoms with Crippen LogP contribution in [0.1, 0.15) is 12.8 Å². The normalized spacial score (nSPS) is 17.5. The molecule has 142 valence electrons. The standard InChI is InChI=1S/C18H17BrCl3N5/c19-14-7-15-17(25-16(14)22)26-18(24-15)27-3-1-2-10(9-27)8-23-13-5-11(20)4-12(21)6-13/h4-7,10,23H,1-3,8-9H2,(H,24,25,26). The number of rotatable bonds is 4. The van der Waals surface area contributed by atoms with Gasteiger partial charge in [0.15, 0.2) is 5.65 Å². The van der Waals surface area contributed by atoms with Gasteiger partial charge in [0, 0.05) is 35.4 Å². The van der Waals surface area contributed by atoms with Crippen LogP contribution < -0.4 is 10.2 Å². The van der Waals surface area contributed by atoms with E-state index in [4.69, 9.17) is 34.8 Å². The maximum atomic E-state index is 6.07. The van der Waals surface area contributed by atoms with E-state index in [1.807, 2.05) is 18.2 Å². The van der Waals surface area contributed by atoms with Crippen LogP contribution in [0.4, 0.5) is 11.6 Å². The summed E-state index contributed by atoms with van der Waals surface area (Å²) < 4.78 is 0.757. The zero-order valence-corrected chi connectivity index (χ0v) is 18.1. The van der Waals surface area contributed by atoms with Crippen molar-refractivity contribution in [2.75, 3.05) is 29.9 Å². The molecule has 0 saturated carbocycles. The van der Waals surface area contributed by atoms with Crippen molar-refractivity contribution in [2.45, 2.75) is 12.8 Å². The first-order chi connectivity index (χ1) is 13.0. The molecule has 9 heteroatoms. The number of hydrogen-bond acceptors (Lipinski definition) is 4. The molecule has 0 aliphatic carbocycles. The number of nitrogens with zero attached hydrogens (tertiary/aromatic N) is 3. The minimum atomic E-state index is 0.418. The van der Waals surface area contributed by atoms with E-state index >= 15 is 0 Å². The molecule has 2 aromatic heterocycles. The van der Waals surface area contributed by atoms with Gasteiger partial charge in [0.1, 0.15) is 5.15 Å². The van der Waals surface area contributed by atoms with Crippen molar-refractivity contribution in [1.29, 1.82) is 0 Å². The highest BCUT2D eigenvalue weighted by atomic mass is 79.9. The largest absolute Gasteiger partial charge is 0.385 e. The predicted octanol–water partition coefficient (Wildman–Crippen LogP) is 6.01. The Morgan fingerprint density at radius 3 is 2.70 bits per heavy atom. The Labute approximate surface area is 180 Å². The van der Waals surface area contributed by atoms with Gasteiger partial charge in [-0.25, -0.2) is 4.98 Å². The number of aromatic nitrogens is 3. The van der Waals surface area contributed by atoms with E-state index in [-0.39, 0.29) is 0 Å². The smallest absolute Gasteiger partial charge is 0.205 e. The van der Waals surface area contributed by atoms with Gasteiger partial charge in [-0.3, -0.25) is 0 Å². The van der Waals surface area contributed by atoms with Gasteiger partial charge in [0.25, 0.3) is 0 Å². The number of halogens is 4. The van der Waals surface area contributed by atoms with Crippen molar-refractivity contribution in [1.82, 2.24) is 15.0 Å². The molecule has 4 rings (SSSR count). The molecular weight excluding hydrogens is 472 g/mol. The highest BCUT2D eigenvalue weighted by Crippen LogP contribution is 2.28. The molecular formula is C18H17BrCl3N5. The van der Waals surface area contributed by atoms with Gasteiger partial charge in [0.2, 0.25) is 5.95 Å². The highest BCUT2D eigenvalue weighted by Gasteiger charge is 2.22. The first-order valence-electron chi connectivity index (χ1n) is 8.64. The number of piperidine rings is 1. The Bertz CT molecular complexity index is 918. The zero-order chi connectivity index (χ0) is 19.0. The number of nitrogens with one attached hydrogen (secondary N) is 2. The van der Waals surface area contributed by atoms with Crippen LogP contribution in [0.15, 0.2) is 28.7 Å². The van der Waals surface area contributed by atoms with E-state index < -0.39 is 0 Å². The van der Waals surface area contributed by atoms with E-state index in [0.717, 1.165) is 54.1 Å². The second-order valence-corrected chi connectivity index (χ2v) is 8.77. The SMILES string of the molecule is Clc1cc(Cl)cc(NCC2CCCN(c3nc4nc(Cl)c(Br)cc4[nH]3)C2)c1. The van der Waals surface area contributed by atoms with E-state index in [1.165, 1.54) is 0 Å². The summed E-state index contributed by atoms with van der Waals surface area (Å²) in [7, 11) is 0. The van der Waals surface area contributed by atoms with Crippen LogP contribution in [0.3, 0.4) is 0 Å². The minimum Gasteiger partial charge on any atom is -0.385 e. The number of hydrogen-bond donors (Lipinski definition) is 2. The summed E-state index contributed by atoms with van der Waals surface area (Å²) in [6.07, 6.45) is 2.27. The molecule has 0 amide bonds. The average molecular weight is 490 g/mol.